The van der Waals surface area contributed by atoms with Crippen LogP contribution in [0.5, 0.6) is 0 Å². The van der Waals surface area contributed by atoms with Gasteiger partial charge < -0.3 is 26.7 Å². The van der Waals surface area contributed by atoms with Gasteiger partial charge >= 0.3 is 0 Å². The van der Waals surface area contributed by atoms with Crippen LogP contribution in [-0.2, 0) is 26.7 Å². The van der Waals surface area contributed by atoms with Crippen molar-refractivity contribution in [1.82, 2.24) is 0 Å². The molecular formula is C24H61NO6Si6. The molecule has 0 aromatic carbocycles. The van der Waals surface area contributed by atoms with E-state index in [0.29, 0.717) is 6.61 Å². The molecule has 0 spiro atoms. The zero-order chi connectivity index (χ0) is 29.7. The Labute approximate surface area is 236 Å². The molecule has 0 N–H and O–H groups in total. The van der Waals surface area contributed by atoms with Crippen LogP contribution in [0.15, 0.2) is 5.16 Å². The lowest BCUT2D eigenvalue weighted by atomic mass is 10.0. The van der Waals surface area contributed by atoms with Gasteiger partial charge in [-0.25, -0.2) is 0 Å². The van der Waals surface area contributed by atoms with Crippen molar-refractivity contribution in [3.8, 4) is 0 Å². The van der Waals surface area contributed by atoms with Gasteiger partial charge in [-0.1, -0.05) is 0 Å². The molecular weight excluding hydrogens is 567 g/mol. The fraction of sp³-hybridized carbons (Fsp3) is 0.958. The van der Waals surface area contributed by atoms with Crippen LogP contribution in [0.3, 0.4) is 0 Å². The highest BCUT2D eigenvalue weighted by Crippen LogP contribution is 2.28. The van der Waals surface area contributed by atoms with Crippen molar-refractivity contribution < 1.29 is 26.7 Å². The van der Waals surface area contributed by atoms with Gasteiger partial charge in [0.1, 0.15) is 12.2 Å². The molecule has 0 saturated heterocycles. The summed E-state index contributed by atoms with van der Waals surface area (Å²) in [5.41, 5.74) is 0. The van der Waals surface area contributed by atoms with E-state index in [-0.39, 0.29) is 12.2 Å². The molecule has 4 atom stereocenters. The molecule has 222 valence electrons. The fourth-order valence-electron chi connectivity index (χ4n) is 3.31. The van der Waals surface area contributed by atoms with Gasteiger partial charge in [-0.05, 0) is 118 Å². The minimum Gasteiger partial charge on any atom is -0.456 e. The van der Waals surface area contributed by atoms with Crippen LogP contribution < -0.4 is 0 Å². The Morgan fingerprint density at radius 2 is 0.892 bits per heavy atom. The van der Waals surface area contributed by atoms with Gasteiger partial charge in [0.25, 0.3) is 8.32 Å². The van der Waals surface area contributed by atoms with E-state index in [1.807, 2.05) is 6.21 Å². The normalized spacial score (nSPS) is 18.1. The lowest BCUT2D eigenvalue weighted by Crippen LogP contribution is -2.60. The average molecular weight is 628 g/mol. The quantitative estimate of drug-likeness (QED) is 0.0942. The fourth-order valence-corrected chi connectivity index (χ4v) is 8.66. The third-order valence-electron chi connectivity index (χ3n) is 4.20. The summed E-state index contributed by atoms with van der Waals surface area (Å²) in [6.07, 6.45) is 0.361. The highest BCUT2D eigenvalue weighted by atomic mass is 28.4. The smallest absolute Gasteiger partial charge is 0.278 e. The molecule has 0 aliphatic rings. The Balaban J connectivity index is 6.89. The zero-order valence-corrected chi connectivity index (χ0v) is 33.5. The first-order valence-corrected chi connectivity index (χ1v) is 34.1. The first-order chi connectivity index (χ1) is 16.1. The van der Waals surface area contributed by atoms with E-state index in [1.54, 1.807) is 0 Å². The largest absolute Gasteiger partial charge is 0.456 e. The summed E-state index contributed by atoms with van der Waals surface area (Å²) >= 11 is 0. The van der Waals surface area contributed by atoms with Crippen LogP contribution >= 0.6 is 0 Å². The van der Waals surface area contributed by atoms with Crippen LogP contribution in [0.2, 0.25) is 118 Å². The summed E-state index contributed by atoms with van der Waals surface area (Å²) in [7, 11) is -11.6. The van der Waals surface area contributed by atoms with Crippen molar-refractivity contribution in [2.45, 2.75) is 142 Å². The summed E-state index contributed by atoms with van der Waals surface area (Å²) < 4.78 is 39.9. The summed E-state index contributed by atoms with van der Waals surface area (Å²) in [5.74, 6) is 0. The number of rotatable bonds is 17. The van der Waals surface area contributed by atoms with Crippen molar-refractivity contribution in [2.24, 2.45) is 5.16 Å². The molecule has 0 saturated carbocycles. The van der Waals surface area contributed by atoms with Crippen molar-refractivity contribution in [1.29, 1.82) is 0 Å². The van der Waals surface area contributed by atoms with Gasteiger partial charge in [0.2, 0.25) is 0 Å². The predicted octanol–water partition coefficient (Wildman–Crippen LogP) is 7.56. The highest BCUT2D eigenvalue weighted by Gasteiger charge is 2.44. The van der Waals surface area contributed by atoms with Gasteiger partial charge in [0.15, 0.2) is 41.6 Å². The maximum absolute atomic E-state index is 6.97. The Bertz CT molecular complexity index is 699. The topological polar surface area (TPSA) is 67.7 Å². The van der Waals surface area contributed by atoms with Gasteiger partial charge in [-0.3, -0.25) is 0 Å². The van der Waals surface area contributed by atoms with E-state index in [4.69, 9.17) is 26.7 Å². The van der Waals surface area contributed by atoms with Gasteiger partial charge in [-0.15, -0.1) is 5.16 Å². The molecule has 0 aliphatic carbocycles. The monoisotopic (exact) mass is 627 g/mol. The summed E-state index contributed by atoms with van der Waals surface area (Å²) in [4.78, 5) is 0. The second kappa shape index (κ2) is 14.0. The minimum atomic E-state index is -2.04. The number of hydrogen-bond donors (Lipinski definition) is 0. The molecule has 0 unspecified atom stereocenters. The number of oxime groups is 1. The number of nitrogens with zero attached hydrogens (tertiary/aromatic N) is 1. The second-order valence-corrected chi connectivity index (χ2v) is 42.5. The molecule has 0 fully saturated rings. The van der Waals surface area contributed by atoms with E-state index >= 15 is 0 Å². The van der Waals surface area contributed by atoms with Gasteiger partial charge in [0, 0.05) is 0 Å². The lowest BCUT2D eigenvalue weighted by molar-refractivity contribution is -0.0731. The highest BCUT2D eigenvalue weighted by molar-refractivity contribution is 6.71. The SMILES string of the molecule is C[Si](C)(C)OC[C@H](O[Si](C)(C)C)[C@@H](O[Si](C)(C)C)[C@@H](O[Si](C)(C)C)[C@@H](/C=N/O[Si](C)(C)C)O[Si](C)(C)C. The second-order valence-electron chi connectivity index (χ2n) is 15.7. The lowest BCUT2D eigenvalue weighted by Gasteiger charge is -2.45. The maximum Gasteiger partial charge on any atom is 0.278 e. The van der Waals surface area contributed by atoms with E-state index in [0.717, 1.165) is 0 Å². The Hall–Kier alpha value is 0.571. The number of hydrogen-bond acceptors (Lipinski definition) is 7. The molecule has 0 heterocycles. The summed E-state index contributed by atoms with van der Waals surface area (Å²) in [6, 6.07) is 0. The zero-order valence-electron chi connectivity index (χ0n) is 27.5. The van der Waals surface area contributed by atoms with E-state index < -0.39 is 62.1 Å². The molecule has 0 aliphatic heterocycles. The van der Waals surface area contributed by atoms with Gasteiger partial charge in [-0.2, -0.15) is 0 Å². The average Bonchev–Trinajstić information content (AvgIpc) is 2.55. The van der Waals surface area contributed by atoms with E-state index in [2.05, 4.69) is 123 Å². The first kappa shape index (κ1) is 37.6. The minimum absolute atomic E-state index is 0.273. The standard InChI is InChI=1S/C24H61NO6Si6/c1-32(2,3)26-20-22(28-34(7,8)9)24(30-36(13,14)15)23(29-35(10,11)12)21(27-33(4,5)6)19-25-31-37(16,17)18/h19,21-24H,20H2,1-18H3/b25-19+/t21-,22+,23+,24-/m1/s1. The first-order valence-electron chi connectivity index (χ1n) is 13.6. The van der Waals surface area contributed by atoms with E-state index in [1.165, 1.54) is 0 Å². The summed E-state index contributed by atoms with van der Waals surface area (Å²) in [6.45, 7) is 40.0. The Morgan fingerprint density at radius 1 is 0.486 bits per heavy atom. The van der Waals surface area contributed by atoms with Crippen molar-refractivity contribution in [3.05, 3.63) is 0 Å². The Kier molecular flexibility index (Phi) is 14.2. The van der Waals surface area contributed by atoms with Crippen LogP contribution in [0.4, 0.5) is 0 Å². The molecule has 0 aromatic heterocycles. The molecule has 0 rings (SSSR count). The molecule has 0 aromatic rings. The molecule has 0 radical (unpaired) electrons. The molecule has 0 bridgehead atoms. The van der Waals surface area contributed by atoms with Crippen LogP contribution in [-0.4, -0.2) is 87.1 Å². The van der Waals surface area contributed by atoms with Crippen molar-refractivity contribution in [2.75, 3.05) is 6.61 Å². The third kappa shape index (κ3) is 21.0. The molecule has 7 nitrogen and oxygen atoms in total. The van der Waals surface area contributed by atoms with Crippen LogP contribution in [0, 0.1) is 0 Å². The van der Waals surface area contributed by atoms with E-state index in [9.17, 15) is 0 Å². The predicted molar refractivity (Wildman–Crippen MR) is 175 cm³/mol. The molecule has 37 heavy (non-hydrogen) atoms. The van der Waals surface area contributed by atoms with Gasteiger partial charge in [0.05, 0.1) is 25.0 Å². The van der Waals surface area contributed by atoms with Crippen LogP contribution in [0.25, 0.3) is 0 Å². The van der Waals surface area contributed by atoms with Crippen molar-refractivity contribution in [3.63, 3.8) is 0 Å². The van der Waals surface area contributed by atoms with Crippen molar-refractivity contribution >= 4 is 56.1 Å². The molecule has 13 heteroatoms. The molecule has 0 amide bonds. The van der Waals surface area contributed by atoms with Crippen LogP contribution in [0.1, 0.15) is 0 Å². The Morgan fingerprint density at radius 3 is 1.24 bits per heavy atom. The maximum atomic E-state index is 6.97. The summed E-state index contributed by atoms with van der Waals surface area (Å²) in [5, 5.41) is 4.44. The third-order valence-corrected chi connectivity index (χ3v) is 9.84.